The van der Waals surface area contributed by atoms with Gasteiger partial charge in [0.25, 0.3) is 0 Å². The van der Waals surface area contributed by atoms with Crippen molar-refractivity contribution in [2.24, 2.45) is 0 Å². The third-order valence-electron chi connectivity index (χ3n) is 3.26. The van der Waals surface area contributed by atoms with Crippen molar-refractivity contribution in [2.75, 3.05) is 11.9 Å². The molecule has 0 bridgehead atoms. The number of fused-ring (bicyclic) bond motifs is 1. The Bertz CT molecular complexity index is 814. The van der Waals surface area contributed by atoms with Crippen molar-refractivity contribution in [3.05, 3.63) is 57.5 Å². The van der Waals surface area contributed by atoms with Gasteiger partial charge in [-0.2, -0.15) is 0 Å². The molecule has 0 unspecified atom stereocenters. The monoisotopic (exact) mass is 390 g/mol. The van der Waals surface area contributed by atoms with E-state index in [1.54, 1.807) is 11.3 Å². The van der Waals surface area contributed by atoms with Crippen molar-refractivity contribution in [3.63, 3.8) is 0 Å². The van der Waals surface area contributed by atoms with Gasteiger partial charge in [0, 0.05) is 10.2 Å². The number of ether oxygens (including phenoxy) is 1. The molecule has 0 aliphatic rings. The number of nitrogens with one attached hydrogen (secondary N) is 1. The summed E-state index contributed by atoms with van der Waals surface area (Å²) < 4.78 is 7.59. The highest BCUT2D eigenvalue weighted by molar-refractivity contribution is 9.10. The molecule has 0 saturated heterocycles. The number of halogens is 1. The van der Waals surface area contributed by atoms with Crippen LogP contribution in [0, 0.1) is 6.92 Å². The Morgan fingerprint density at radius 3 is 2.91 bits per heavy atom. The molecule has 2 aromatic carbocycles. The maximum absolute atomic E-state index is 11.9. The Hall–Kier alpha value is -1.76. The zero-order valence-electron chi connectivity index (χ0n) is 12.5. The minimum atomic E-state index is -0.170. The third kappa shape index (κ3) is 4.16. The highest BCUT2D eigenvalue weighted by atomic mass is 79.9. The quantitative estimate of drug-likeness (QED) is 0.696. The molecule has 1 amide bonds. The molecular weight excluding hydrogens is 376 g/mol. The summed E-state index contributed by atoms with van der Waals surface area (Å²) in [6, 6.07) is 13.7. The topological polar surface area (TPSA) is 51.2 Å². The fourth-order valence-electron chi connectivity index (χ4n) is 2.17. The van der Waals surface area contributed by atoms with E-state index in [9.17, 15) is 4.79 Å². The van der Waals surface area contributed by atoms with Crippen LogP contribution in [0.1, 0.15) is 10.6 Å². The van der Waals surface area contributed by atoms with Crippen molar-refractivity contribution < 1.29 is 9.53 Å². The van der Waals surface area contributed by atoms with Crippen LogP contribution in [-0.4, -0.2) is 17.5 Å². The number of aryl methyl sites for hydroxylation is 1. The first-order chi connectivity index (χ1) is 11.1. The molecule has 0 aliphatic heterocycles. The SMILES string of the molecule is Cc1cc(Br)ccc1NC(=O)COCc1nc2ccccc2s1. The van der Waals surface area contributed by atoms with Crippen LogP contribution >= 0.6 is 27.3 Å². The van der Waals surface area contributed by atoms with Crippen LogP contribution in [-0.2, 0) is 16.1 Å². The molecule has 1 aromatic heterocycles. The zero-order chi connectivity index (χ0) is 16.2. The lowest BCUT2D eigenvalue weighted by Gasteiger charge is -2.08. The van der Waals surface area contributed by atoms with Crippen molar-refractivity contribution in [2.45, 2.75) is 13.5 Å². The fourth-order valence-corrected chi connectivity index (χ4v) is 3.55. The Kier molecular flexibility index (Phi) is 5.05. The summed E-state index contributed by atoms with van der Waals surface area (Å²) in [4.78, 5) is 16.4. The number of nitrogens with zero attached hydrogens (tertiary/aromatic N) is 1. The summed E-state index contributed by atoms with van der Waals surface area (Å²) in [5, 5.41) is 3.72. The summed E-state index contributed by atoms with van der Waals surface area (Å²) in [5.41, 5.74) is 2.76. The van der Waals surface area contributed by atoms with Crippen molar-refractivity contribution >= 4 is 49.1 Å². The molecule has 0 aliphatic carbocycles. The van der Waals surface area contributed by atoms with E-state index in [0.717, 1.165) is 30.9 Å². The average molecular weight is 391 g/mol. The molecule has 0 spiro atoms. The van der Waals surface area contributed by atoms with Crippen molar-refractivity contribution in [1.82, 2.24) is 4.98 Å². The van der Waals surface area contributed by atoms with Crippen LogP contribution in [0.15, 0.2) is 46.9 Å². The first kappa shape index (κ1) is 16.1. The van der Waals surface area contributed by atoms with E-state index >= 15 is 0 Å². The van der Waals surface area contributed by atoms with Gasteiger partial charge in [-0.25, -0.2) is 4.98 Å². The Morgan fingerprint density at radius 2 is 2.13 bits per heavy atom. The van der Waals surface area contributed by atoms with Gasteiger partial charge in [0.2, 0.25) is 5.91 Å². The number of carbonyl (C=O) groups is 1. The predicted octanol–water partition coefficient (Wildman–Crippen LogP) is 4.52. The number of para-hydroxylation sites is 1. The maximum atomic E-state index is 11.9. The molecular formula is C17H15BrN2O2S. The summed E-state index contributed by atoms with van der Waals surface area (Å²) in [7, 11) is 0. The van der Waals surface area contributed by atoms with E-state index < -0.39 is 0 Å². The number of hydrogen-bond donors (Lipinski definition) is 1. The zero-order valence-corrected chi connectivity index (χ0v) is 14.9. The third-order valence-corrected chi connectivity index (χ3v) is 4.76. The smallest absolute Gasteiger partial charge is 0.250 e. The van der Waals surface area contributed by atoms with Gasteiger partial charge >= 0.3 is 0 Å². The molecule has 1 heterocycles. The van der Waals surface area contributed by atoms with E-state index in [1.807, 2.05) is 49.4 Å². The van der Waals surface area contributed by atoms with Gasteiger partial charge in [-0.3, -0.25) is 4.79 Å². The minimum Gasteiger partial charge on any atom is -0.364 e. The lowest BCUT2D eigenvalue weighted by atomic mass is 10.2. The molecule has 23 heavy (non-hydrogen) atoms. The van der Waals surface area contributed by atoms with Crippen LogP contribution in [0.25, 0.3) is 10.2 Å². The number of amides is 1. The Labute approximate surface area is 146 Å². The molecule has 118 valence electrons. The molecule has 1 N–H and O–H groups in total. The molecule has 3 aromatic rings. The van der Waals surface area contributed by atoms with Gasteiger partial charge in [0.15, 0.2) is 0 Å². The van der Waals surface area contributed by atoms with Crippen LogP contribution in [0.2, 0.25) is 0 Å². The highest BCUT2D eigenvalue weighted by Gasteiger charge is 2.07. The van der Waals surface area contributed by atoms with E-state index in [-0.39, 0.29) is 12.5 Å². The van der Waals surface area contributed by atoms with E-state index in [0.29, 0.717) is 6.61 Å². The first-order valence-corrected chi connectivity index (χ1v) is 8.71. The van der Waals surface area contributed by atoms with Crippen molar-refractivity contribution in [1.29, 1.82) is 0 Å². The predicted molar refractivity (Wildman–Crippen MR) is 96.8 cm³/mol. The van der Waals surface area contributed by atoms with Crippen LogP contribution < -0.4 is 5.32 Å². The van der Waals surface area contributed by atoms with Gasteiger partial charge < -0.3 is 10.1 Å². The average Bonchev–Trinajstić information content (AvgIpc) is 2.93. The minimum absolute atomic E-state index is 0.00539. The number of benzene rings is 2. The van der Waals surface area contributed by atoms with Crippen LogP contribution in [0.3, 0.4) is 0 Å². The second-order valence-corrected chi connectivity index (χ2v) is 7.11. The lowest BCUT2D eigenvalue weighted by Crippen LogP contribution is -2.18. The second-order valence-electron chi connectivity index (χ2n) is 5.08. The maximum Gasteiger partial charge on any atom is 0.250 e. The molecule has 3 rings (SSSR count). The Morgan fingerprint density at radius 1 is 1.30 bits per heavy atom. The number of thiazole rings is 1. The standard InChI is InChI=1S/C17H15BrN2O2S/c1-11-8-12(18)6-7-13(11)19-16(21)9-22-10-17-20-14-4-2-3-5-15(14)23-17/h2-8H,9-10H2,1H3,(H,19,21). The van der Waals surface area contributed by atoms with Gasteiger partial charge in [-0.05, 0) is 42.8 Å². The number of rotatable bonds is 5. The van der Waals surface area contributed by atoms with Gasteiger partial charge in [0.05, 0.1) is 16.8 Å². The molecule has 0 atom stereocenters. The molecule has 6 heteroatoms. The number of anilines is 1. The van der Waals surface area contributed by atoms with Crippen LogP contribution in [0.4, 0.5) is 5.69 Å². The van der Waals surface area contributed by atoms with Gasteiger partial charge in [-0.15, -0.1) is 11.3 Å². The summed E-state index contributed by atoms with van der Waals surface area (Å²) >= 11 is 4.99. The summed E-state index contributed by atoms with van der Waals surface area (Å²) in [6.07, 6.45) is 0. The fraction of sp³-hybridized carbons (Fsp3) is 0.176. The van der Waals surface area contributed by atoms with Crippen molar-refractivity contribution in [3.8, 4) is 0 Å². The molecule has 4 nitrogen and oxygen atoms in total. The Balaban J connectivity index is 1.52. The largest absolute Gasteiger partial charge is 0.364 e. The van der Waals surface area contributed by atoms with E-state index in [1.165, 1.54) is 0 Å². The summed E-state index contributed by atoms with van der Waals surface area (Å²) in [6.45, 7) is 2.29. The van der Waals surface area contributed by atoms with Gasteiger partial charge in [0.1, 0.15) is 11.6 Å². The summed E-state index contributed by atoms with van der Waals surface area (Å²) in [5.74, 6) is -0.170. The van der Waals surface area contributed by atoms with Crippen LogP contribution in [0.5, 0.6) is 0 Å². The molecule has 0 fully saturated rings. The normalized spacial score (nSPS) is 10.9. The van der Waals surface area contributed by atoms with E-state index in [2.05, 4.69) is 26.2 Å². The number of aromatic nitrogens is 1. The highest BCUT2D eigenvalue weighted by Crippen LogP contribution is 2.22. The van der Waals surface area contributed by atoms with E-state index in [4.69, 9.17) is 4.74 Å². The molecule has 0 saturated carbocycles. The molecule has 0 radical (unpaired) electrons. The van der Waals surface area contributed by atoms with Gasteiger partial charge in [-0.1, -0.05) is 28.1 Å². The first-order valence-electron chi connectivity index (χ1n) is 7.10. The number of carbonyl (C=O) groups excluding carboxylic acids is 1. The number of hydrogen-bond acceptors (Lipinski definition) is 4. The lowest BCUT2D eigenvalue weighted by molar-refractivity contribution is -0.121. The second kappa shape index (κ2) is 7.21.